The van der Waals surface area contributed by atoms with Crippen LogP contribution in [0.3, 0.4) is 0 Å². The lowest BCUT2D eigenvalue weighted by molar-refractivity contribution is 0.357. The van der Waals surface area contributed by atoms with Crippen molar-refractivity contribution in [1.82, 2.24) is 9.97 Å². The minimum atomic E-state index is -0.566. The fraction of sp³-hybridized carbons (Fsp3) is 0.0909. The highest BCUT2D eigenvalue weighted by molar-refractivity contribution is 5.43. The molecule has 0 aliphatic rings. The third-order valence-electron chi connectivity index (χ3n) is 2.07. The Hall–Kier alpha value is -2.50. The van der Waals surface area contributed by atoms with Crippen LogP contribution in [-0.4, -0.2) is 22.2 Å². The number of methoxy groups -OCH3 is 1. The van der Waals surface area contributed by atoms with Crippen LogP contribution in [0.15, 0.2) is 35.4 Å². The summed E-state index contributed by atoms with van der Waals surface area (Å²) in [5.74, 6) is 0.0376. The van der Waals surface area contributed by atoms with Crippen molar-refractivity contribution >= 4 is 0 Å². The van der Waals surface area contributed by atoms with Crippen molar-refractivity contribution in [2.75, 3.05) is 7.11 Å². The van der Waals surface area contributed by atoms with E-state index >= 15 is 0 Å². The Morgan fingerprint density at radius 1 is 1.29 bits per heavy atom. The highest BCUT2D eigenvalue weighted by atomic mass is 16.5. The predicted octanol–water partition coefficient (Wildman–Crippen LogP) is 1.28. The molecule has 6 heteroatoms. The van der Waals surface area contributed by atoms with E-state index in [2.05, 4.69) is 9.97 Å². The van der Waals surface area contributed by atoms with Crippen molar-refractivity contribution < 1.29 is 14.6 Å². The number of hydrogen-bond donors (Lipinski definition) is 2. The summed E-state index contributed by atoms with van der Waals surface area (Å²) in [5, 5.41) is 9.42. The molecule has 0 bridgehead atoms. The van der Waals surface area contributed by atoms with Gasteiger partial charge in [0.05, 0.1) is 13.4 Å². The number of ether oxygens (including phenoxy) is 2. The topological polar surface area (TPSA) is 84.4 Å². The number of aromatic amines is 1. The summed E-state index contributed by atoms with van der Waals surface area (Å²) in [6.45, 7) is 0. The van der Waals surface area contributed by atoms with Gasteiger partial charge < -0.3 is 19.6 Å². The summed E-state index contributed by atoms with van der Waals surface area (Å²) in [6.07, 6.45) is 1.09. The van der Waals surface area contributed by atoms with Crippen LogP contribution in [-0.2, 0) is 0 Å². The summed E-state index contributed by atoms with van der Waals surface area (Å²) in [7, 11) is 1.48. The molecular formula is C11H10N2O4. The third kappa shape index (κ3) is 2.20. The van der Waals surface area contributed by atoms with Gasteiger partial charge in [0, 0.05) is 0 Å². The second-order valence-corrected chi connectivity index (χ2v) is 3.14. The van der Waals surface area contributed by atoms with Crippen LogP contribution < -0.4 is 15.0 Å². The molecule has 2 rings (SSSR count). The van der Waals surface area contributed by atoms with Gasteiger partial charge in [-0.05, 0) is 12.1 Å². The van der Waals surface area contributed by atoms with Crippen molar-refractivity contribution in [3.63, 3.8) is 0 Å². The molecule has 17 heavy (non-hydrogen) atoms. The summed E-state index contributed by atoms with van der Waals surface area (Å²) < 4.78 is 10.3. The summed E-state index contributed by atoms with van der Waals surface area (Å²) in [5.41, 5.74) is -0.566. The normalized spacial score (nSPS) is 9.94. The number of para-hydroxylation sites is 2. The fourth-order valence-corrected chi connectivity index (χ4v) is 1.28. The molecule has 1 heterocycles. The minimum Gasteiger partial charge on any atom is -0.493 e. The third-order valence-corrected chi connectivity index (χ3v) is 2.07. The molecule has 2 N–H and O–H groups in total. The van der Waals surface area contributed by atoms with Gasteiger partial charge in [-0.25, -0.2) is 4.98 Å². The van der Waals surface area contributed by atoms with Gasteiger partial charge in [0.15, 0.2) is 11.5 Å². The number of benzene rings is 1. The largest absolute Gasteiger partial charge is 0.493 e. The Balaban J connectivity index is 2.41. The first-order valence-corrected chi connectivity index (χ1v) is 4.80. The SMILES string of the molecule is COc1ccccc1Oc1c(O)nc[nH]c1=O. The van der Waals surface area contributed by atoms with Gasteiger partial charge in [-0.3, -0.25) is 4.79 Å². The number of nitrogens with one attached hydrogen (secondary N) is 1. The Kier molecular flexibility index (Phi) is 2.95. The summed E-state index contributed by atoms with van der Waals surface area (Å²) >= 11 is 0. The molecule has 0 aliphatic carbocycles. The molecule has 1 aromatic carbocycles. The van der Waals surface area contributed by atoms with Crippen LogP contribution in [0.4, 0.5) is 0 Å². The van der Waals surface area contributed by atoms with Crippen LogP contribution in [0.5, 0.6) is 23.1 Å². The van der Waals surface area contributed by atoms with Crippen LogP contribution in [0.2, 0.25) is 0 Å². The van der Waals surface area contributed by atoms with E-state index in [4.69, 9.17) is 9.47 Å². The maximum Gasteiger partial charge on any atom is 0.297 e. The first-order valence-electron chi connectivity index (χ1n) is 4.80. The van der Waals surface area contributed by atoms with E-state index in [-0.39, 0.29) is 5.75 Å². The van der Waals surface area contributed by atoms with Crippen molar-refractivity contribution in [3.05, 3.63) is 40.9 Å². The molecule has 0 amide bonds. The molecule has 0 radical (unpaired) electrons. The van der Waals surface area contributed by atoms with Gasteiger partial charge in [0.2, 0.25) is 0 Å². The van der Waals surface area contributed by atoms with E-state index in [1.54, 1.807) is 24.3 Å². The first-order chi connectivity index (χ1) is 8.22. The Morgan fingerprint density at radius 2 is 2.00 bits per heavy atom. The van der Waals surface area contributed by atoms with Gasteiger partial charge in [0.1, 0.15) is 0 Å². The molecule has 0 aliphatic heterocycles. The number of aromatic hydroxyl groups is 1. The lowest BCUT2D eigenvalue weighted by atomic mass is 10.3. The Labute approximate surface area is 96.5 Å². The molecular weight excluding hydrogens is 224 g/mol. The van der Waals surface area contributed by atoms with Gasteiger partial charge in [-0.1, -0.05) is 12.1 Å². The quantitative estimate of drug-likeness (QED) is 0.835. The minimum absolute atomic E-state index is 0.267. The molecule has 0 unspecified atom stereocenters. The Bertz CT molecular complexity index is 580. The van der Waals surface area contributed by atoms with Crippen LogP contribution >= 0.6 is 0 Å². The molecule has 0 atom stereocenters. The van der Waals surface area contributed by atoms with Crippen molar-refractivity contribution in [1.29, 1.82) is 0 Å². The first kappa shape index (κ1) is 11.0. The van der Waals surface area contributed by atoms with E-state index in [1.807, 2.05) is 0 Å². The average Bonchev–Trinajstić information content (AvgIpc) is 2.34. The maximum atomic E-state index is 11.4. The highest BCUT2D eigenvalue weighted by Crippen LogP contribution is 2.31. The van der Waals surface area contributed by atoms with E-state index in [9.17, 15) is 9.90 Å². The monoisotopic (exact) mass is 234 g/mol. The van der Waals surface area contributed by atoms with Gasteiger partial charge >= 0.3 is 0 Å². The Morgan fingerprint density at radius 3 is 2.65 bits per heavy atom. The zero-order valence-electron chi connectivity index (χ0n) is 9.01. The number of H-pyrrole nitrogens is 1. The fourth-order valence-electron chi connectivity index (χ4n) is 1.28. The molecule has 0 fully saturated rings. The predicted molar refractivity (Wildman–Crippen MR) is 59.6 cm³/mol. The second-order valence-electron chi connectivity index (χ2n) is 3.14. The number of aromatic nitrogens is 2. The molecule has 88 valence electrons. The van der Waals surface area contributed by atoms with Crippen molar-refractivity contribution in [2.24, 2.45) is 0 Å². The number of hydrogen-bond acceptors (Lipinski definition) is 5. The van der Waals surface area contributed by atoms with E-state index in [0.717, 1.165) is 6.33 Å². The zero-order chi connectivity index (χ0) is 12.3. The molecule has 6 nitrogen and oxygen atoms in total. The summed E-state index contributed by atoms with van der Waals surface area (Å²) in [4.78, 5) is 17.3. The molecule has 2 aromatic rings. The second kappa shape index (κ2) is 4.56. The van der Waals surface area contributed by atoms with Crippen LogP contribution in [0, 0.1) is 0 Å². The standard InChI is InChI=1S/C11H10N2O4/c1-16-7-4-2-3-5-8(7)17-9-10(14)12-6-13-11(9)15/h2-6H,1H3,(H2,12,13,14,15). The van der Waals surface area contributed by atoms with Gasteiger partial charge in [-0.15, -0.1) is 0 Å². The lowest BCUT2D eigenvalue weighted by Crippen LogP contribution is -2.09. The van der Waals surface area contributed by atoms with Crippen LogP contribution in [0.25, 0.3) is 0 Å². The smallest absolute Gasteiger partial charge is 0.297 e. The molecule has 0 spiro atoms. The molecule has 1 aromatic heterocycles. The van der Waals surface area contributed by atoms with E-state index in [1.165, 1.54) is 7.11 Å². The van der Waals surface area contributed by atoms with E-state index < -0.39 is 11.4 Å². The molecule has 0 saturated carbocycles. The van der Waals surface area contributed by atoms with E-state index in [0.29, 0.717) is 11.5 Å². The summed E-state index contributed by atoms with van der Waals surface area (Å²) in [6, 6.07) is 6.78. The van der Waals surface area contributed by atoms with Gasteiger partial charge in [-0.2, -0.15) is 0 Å². The van der Waals surface area contributed by atoms with Crippen LogP contribution in [0.1, 0.15) is 0 Å². The lowest BCUT2D eigenvalue weighted by Gasteiger charge is -2.09. The van der Waals surface area contributed by atoms with Crippen molar-refractivity contribution in [3.8, 4) is 23.1 Å². The number of nitrogens with zero attached hydrogens (tertiary/aromatic N) is 1. The maximum absolute atomic E-state index is 11.4. The number of rotatable bonds is 3. The average molecular weight is 234 g/mol. The zero-order valence-corrected chi connectivity index (χ0v) is 9.01. The molecule has 0 saturated heterocycles. The highest BCUT2D eigenvalue weighted by Gasteiger charge is 2.12. The van der Waals surface area contributed by atoms with Crippen molar-refractivity contribution in [2.45, 2.75) is 0 Å². The van der Waals surface area contributed by atoms with Gasteiger partial charge in [0.25, 0.3) is 17.2 Å².